The summed E-state index contributed by atoms with van der Waals surface area (Å²) >= 11 is 0. The highest BCUT2D eigenvalue weighted by atomic mass is 16.5. The van der Waals surface area contributed by atoms with Crippen molar-refractivity contribution in [2.75, 3.05) is 5.32 Å². The summed E-state index contributed by atoms with van der Waals surface area (Å²) < 4.78 is 7.08. The molecule has 0 saturated heterocycles. The van der Waals surface area contributed by atoms with E-state index in [0.29, 0.717) is 17.0 Å². The first-order valence-corrected chi connectivity index (χ1v) is 6.98. The third kappa shape index (κ3) is 3.51. The molecule has 0 fully saturated rings. The predicted octanol–water partition coefficient (Wildman–Crippen LogP) is 2.02. The molecule has 9 heteroatoms. The number of tetrazole rings is 1. The summed E-state index contributed by atoms with van der Waals surface area (Å²) in [5.41, 5.74) is 1.15. The SMILES string of the molecule is CC(C)n1cc(C(=O)Nc2ccc(Oc3nn[nH]n3)cc2)cn1. The van der Waals surface area contributed by atoms with Gasteiger partial charge in [-0.1, -0.05) is 10.2 Å². The third-order valence-corrected chi connectivity index (χ3v) is 3.04. The van der Waals surface area contributed by atoms with Crippen LogP contribution < -0.4 is 10.1 Å². The number of aromatic nitrogens is 6. The second kappa shape index (κ2) is 6.26. The zero-order valence-corrected chi connectivity index (χ0v) is 12.6. The first-order valence-electron chi connectivity index (χ1n) is 6.98. The monoisotopic (exact) mass is 313 g/mol. The van der Waals surface area contributed by atoms with Crippen molar-refractivity contribution in [3.63, 3.8) is 0 Å². The number of hydrogen-bond acceptors (Lipinski definition) is 6. The highest BCUT2D eigenvalue weighted by Crippen LogP contribution is 2.20. The summed E-state index contributed by atoms with van der Waals surface area (Å²) in [7, 11) is 0. The molecule has 9 nitrogen and oxygen atoms in total. The number of amides is 1. The van der Waals surface area contributed by atoms with E-state index in [1.165, 1.54) is 0 Å². The van der Waals surface area contributed by atoms with Crippen molar-refractivity contribution in [1.29, 1.82) is 0 Å². The summed E-state index contributed by atoms with van der Waals surface area (Å²) in [6, 6.07) is 7.17. The zero-order valence-electron chi connectivity index (χ0n) is 12.6. The predicted molar refractivity (Wildman–Crippen MR) is 81.3 cm³/mol. The van der Waals surface area contributed by atoms with Gasteiger partial charge >= 0.3 is 6.01 Å². The first-order chi connectivity index (χ1) is 11.1. The van der Waals surface area contributed by atoms with Gasteiger partial charge in [-0.2, -0.15) is 10.3 Å². The molecule has 0 radical (unpaired) electrons. The average Bonchev–Trinajstić information content (AvgIpc) is 3.20. The number of carbonyl (C=O) groups excluding carboxylic acids is 1. The molecule has 0 aliphatic heterocycles. The van der Waals surface area contributed by atoms with Crippen LogP contribution in [0.2, 0.25) is 0 Å². The third-order valence-electron chi connectivity index (χ3n) is 3.04. The van der Waals surface area contributed by atoms with Gasteiger partial charge < -0.3 is 10.1 Å². The highest BCUT2D eigenvalue weighted by molar-refractivity contribution is 6.03. The molecule has 0 spiro atoms. The fraction of sp³-hybridized carbons (Fsp3) is 0.214. The smallest absolute Gasteiger partial charge is 0.361 e. The normalized spacial score (nSPS) is 10.7. The van der Waals surface area contributed by atoms with Crippen LogP contribution in [0, 0.1) is 0 Å². The van der Waals surface area contributed by atoms with E-state index in [1.807, 2.05) is 13.8 Å². The van der Waals surface area contributed by atoms with Gasteiger partial charge in [0.1, 0.15) is 5.75 Å². The molecule has 0 aliphatic rings. The van der Waals surface area contributed by atoms with E-state index in [-0.39, 0.29) is 18.0 Å². The summed E-state index contributed by atoms with van der Waals surface area (Å²) in [4.78, 5) is 12.2. The van der Waals surface area contributed by atoms with E-state index in [4.69, 9.17) is 4.74 Å². The van der Waals surface area contributed by atoms with Crippen LogP contribution >= 0.6 is 0 Å². The van der Waals surface area contributed by atoms with Crippen LogP contribution in [0.5, 0.6) is 11.8 Å². The van der Waals surface area contributed by atoms with E-state index < -0.39 is 0 Å². The van der Waals surface area contributed by atoms with Gasteiger partial charge in [-0.25, -0.2) is 0 Å². The van der Waals surface area contributed by atoms with Crippen LogP contribution in [-0.2, 0) is 0 Å². The Kier molecular flexibility index (Phi) is 4.00. The van der Waals surface area contributed by atoms with Crippen LogP contribution in [0.3, 0.4) is 0 Å². The van der Waals surface area contributed by atoms with Gasteiger partial charge in [0.25, 0.3) is 5.91 Å². The van der Waals surface area contributed by atoms with Gasteiger partial charge in [-0.3, -0.25) is 9.48 Å². The molecule has 3 aromatic rings. The molecule has 23 heavy (non-hydrogen) atoms. The second-order valence-electron chi connectivity index (χ2n) is 5.08. The van der Waals surface area contributed by atoms with Gasteiger partial charge in [0.15, 0.2) is 0 Å². The fourth-order valence-corrected chi connectivity index (χ4v) is 1.85. The molecule has 1 aromatic carbocycles. The molecule has 0 unspecified atom stereocenters. The summed E-state index contributed by atoms with van der Waals surface area (Å²) in [5.74, 6) is 0.320. The van der Waals surface area contributed by atoms with Crippen molar-refractivity contribution in [3.05, 3.63) is 42.2 Å². The molecule has 1 amide bonds. The van der Waals surface area contributed by atoms with E-state index in [2.05, 4.69) is 31.0 Å². The van der Waals surface area contributed by atoms with Crippen LogP contribution in [0.15, 0.2) is 36.7 Å². The topological polar surface area (TPSA) is 111 Å². The molecule has 0 atom stereocenters. The van der Waals surface area contributed by atoms with Crippen LogP contribution in [-0.4, -0.2) is 36.3 Å². The number of ether oxygens (including phenoxy) is 1. The lowest BCUT2D eigenvalue weighted by Crippen LogP contribution is -2.11. The number of anilines is 1. The molecule has 2 heterocycles. The lowest BCUT2D eigenvalue weighted by molar-refractivity contribution is 0.102. The van der Waals surface area contributed by atoms with E-state index >= 15 is 0 Å². The molecule has 0 bridgehead atoms. The van der Waals surface area contributed by atoms with Crippen LogP contribution in [0.4, 0.5) is 5.69 Å². The van der Waals surface area contributed by atoms with E-state index in [0.717, 1.165) is 0 Å². The van der Waals surface area contributed by atoms with Crippen molar-refractivity contribution in [1.82, 2.24) is 30.4 Å². The minimum atomic E-state index is -0.219. The summed E-state index contributed by atoms with van der Waals surface area (Å²) in [6.07, 6.45) is 3.26. The van der Waals surface area contributed by atoms with Gasteiger partial charge in [-0.05, 0) is 43.3 Å². The lowest BCUT2D eigenvalue weighted by atomic mass is 10.2. The van der Waals surface area contributed by atoms with Crippen LogP contribution in [0.25, 0.3) is 0 Å². The quantitative estimate of drug-likeness (QED) is 0.745. The van der Waals surface area contributed by atoms with Gasteiger partial charge in [0, 0.05) is 17.9 Å². The molecule has 2 N–H and O–H groups in total. The first kappa shape index (κ1) is 14.7. The maximum absolute atomic E-state index is 12.2. The Morgan fingerprint density at radius 2 is 2.09 bits per heavy atom. The van der Waals surface area contributed by atoms with Crippen molar-refractivity contribution >= 4 is 11.6 Å². The maximum atomic E-state index is 12.2. The summed E-state index contributed by atoms with van der Waals surface area (Å²) in [6.45, 7) is 3.99. The number of carbonyl (C=O) groups is 1. The molecular weight excluding hydrogens is 298 g/mol. The van der Waals surface area contributed by atoms with Crippen molar-refractivity contribution in [2.45, 2.75) is 19.9 Å². The number of nitrogens with one attached hydrogen (secondary N) is 2. The Morgan fingerprint density at radius 3 is 2.70 bits per heavy atom. The Bertz CT molecular complexity index is 778. The largest absolute Gasteiger partial charge is 0.422 e. The molecule has 0 saturated carbocycles. The van der Waals surface area contributed by atoms with Gasteiger partial charge in [-0.15, -0.1) is 0 Å². The number of aromatic amines is 1. The molecule has 0 aliphatic carbocycles. The number of nitrogens with zero attached hydrogens (tertiary/aromatic N) is 5. The average molecular weight is 313 g/mol. The van der Waals surface area contributed by atoms with Crippen LogP contribution in [0.1, 0.15) is 30.2 Å². The Morgan fingerprint density at radius 1 is 1.30 bits per heavy atom. The number of benzene rings is 1. The van der Waals surface area contributed by atoms with Gasteiger partial charge in [0.2, 0.25) is 0 Å². The molecular formula is C14H15N7O2. The molecule has 3 rings (SSSR count). The minimum absolute atomic E-state index is 0.128. The number of H-pyrrole nitrogens is 1. The lowest BCUT2D eigenvalue weighted by Gasteiger charge is -2.05. The second-order valence-corrected chi connectivity index (χ2v) is 5.08. The highest BCUT2D eigenvalue weighted by Gasteiger charge is 2.10. The van der Waals surface area contributed by atoms with E-state index in [9.17, 15) is 4.79 Å². The molecule has 118 valence electrons. The standard InChI is InChI=1S/C14H15N7O2/c1-9(2)21-8-10(7-15-21)13(22)16-11-3-5-12(6-4-11)23-14-17-19-20-18-14/h3-9H,1-2H3,(H,16,22)(H,17,18,19,20). The maximum Gasteiger partial charge on any atom is 0.361 e. The Balaban J connectivity index is 1.64. The van der Waals surface area contributed by atoms with E-state index in [1.54, 1.807) is 41.3 Å². The van der Waals surface area contributed by atoms with Crippen molar-refractivity contribution < 1.29 is 9.53 Å². The minimum Gasteiger partial charge on any atom is -0.422 e. The fourth-order valence-electron chi connectivity index (χ4n) is 1.85. The number of hydrogen-bond donors (Lipinski definition) is 2. The Labute approximate surface area is 131 Å². The van der Waals surface area contributed by atoms with Crippen molar-refractivity contribution in [3.8, 4) is 11.8 Å². The number of rotatable bonds is 5. The Hall–Kier alpha value is -3.23. The van der Waals surface area contributed by atoms with Crippen molar-refractivity contribution in [2.24, 2.45) is 0 Å². The molecule has 2 aromatic heterocycles. The van der Waals surface area contributed by atoms with Gasteiger partial charge in [0.05, 0.1) is 11.8 Å². The summed E-state index contributed by atoms with van der Waals surface area (Å²) in [5, 5.41) is 20.0. The zero-order chi connectivity index (χ0) is 16.2.